The molecular formula is C13H22N6S. The summed E-state index contributed by atoms with van der Waals surface area (Å²) in [5.41, 5.74) is 0. The van der Waals surface area contributed by atoms with E-state index in [9.17, 15) is 0 Å². The SMILES string of the molecule is CCCNC(Cc1ncnn1CC(C)C)c1cnns1. The van der Waals surface area contributed by atoms with Crippen LogP contribution in [-0.4, -0.2) is 30.9 Å². The molecule has 2 aromatic heterocycles. The number of nitrogens with one attached hydrogen (secondary N) is 1. The van der Waals surface area contributed by atoms with E-state index in [1.165, 1.54) is 11.5 Å². The first-order valence-electron chi connectivity index (χ1n) is 7.08. The van der Waals surface area contributed by atoms with Gasteiger partial charge in [0.05, 0.1) is 17.1 Å². The number of nitrogens with zero attached hydrogens (tertiary/aromatic N) is 5. The highest BCUT2D eigenvalue weighted by molar-refractivity contribution is 7.05. The van der Waals surface area contributed by atoms with Crippen molar-refractivity contribution in [1.29, 1.82) is 0 Å². The van der Waals surface area contributed by atoms with Gasteiger partial charge in [-0.25, -0.2) is 9.67 Å². The Morgan fingerprint density at radius 2 is 2.25 bits per heavy atom. The summed E-state index contributed by atoms with van der Waals surface area (Å²) in [6, 6.07) is 0.213. The zero-order chi connectivity index (χ0) is 14.4. The lowest BCUT2D eigenvalue weighted by Crippen LogP contribution is -2.25. The third kappa shape index (κ3) is 4.08. The van der Waals surface area contributed by atoms with Crippen molar-refractivity contribution in [3.8, 4) is 0 Å². The summed E-state index contributed by atoms with van der Waals surface area (Å²) < 4.78 is 5.96. The molecule has 2 aromatic rings. The van der Waals surface area contributed by atoms with Crippen LogP contribution in [0.5, 0.6) is 0 Å². The fourth-order valence-electron chi connectivity index (χ4n) is 2.05. The molecule has 2 rings (SSSR count). The predicted octanol–water partition coefficient (Wildman–Crippen LogP) is 2.07. The number of rotatable bonds is 8. The van der Waals surface area contributed by atoms with Gasteiger partial charge in [0.1, 0.15) is 12.2 Å². The summed E-state index contributed by atoms with van der Waals surface area (Å²) in [6.45, 7) is 8.41. The van der Waals surface area contributed by atoms with Crippen LogP contribution in [0.1, 0.15) is 43.9 Å². The number of aromatic nitrogens is 5. The van der Waals surface area contributed by atoms with E-state index in [2.05, 4.69) is 45.8 Å². The van der Waals surface area contributed by atoms with Crippen LogP contribution in [0.25, 0.3) is 0 Å². The Bertz CT molecular complexity index is 493. The minimum Gasteiger partial charge on any atom is -0.309 e. The van der Waals surface area contributed by atoms with Crippen molar-refractivity contribution in [1.82, 2.24) is 29.7 Å². The van der Waals surface area contributed by atoms with Gasteiger partial charge in [0.2, 0.25) is 0 Å². The average Bonchev–Trinajstić information content (AvgIpc) is 3.05. The van der Waals surface area contributed by atoms with Gasteiger partial charge in [-0.05, 0) is 30.4 Å². The van der Waals surface area contributed by atoms with Crippen LogP contribution >= 0.6 is 11.5 Å². The van der Waals surface area contributed by atoms with E-state index in [1.54, 1.807) is 6.33 Å². The van der Waals surface area contributed by atoms with Crippen molar-refractivity contribution < 1.29 is 0 Å². The van der Waals surface area contributed by atoms with Gasteiger partial charge in [-0.2, -0.15) is 5.10 Å². The Morgan fingerprint density at radius 1 is 1.40 bits per heavy atom. The Hall–Kier alpha value is -1.34. The second-order valence-corrected chi connectivity index (χ2v) is 6.10. The lowest BCUT2D eigenvalue weighted by molar-refractivity contribution is 0.445. The molecule has 0 aliphatic rings. The van der Waals surface area contributed by atoms with Crippen LogP contribution in [0, 0.1) is 5.92 Å². The van der Waals surface area contributed by atoms with E-state index in [1.807, 2.05) is 10.9 Å². The van der Waals surface area contributed by atoms with E-state index in [0.717, 1.165) is 36.6 Å². The maximum Gasteiger partial charge on any atom is 0.138 e. The lowest BCUT2D eigenvalue weighted by atomic mass is 10.1. The van der Waals surface area contributed by atoms with Crippen LogP contribution in [0.2, 0.25) is 0 Å². The van der Waals surface area contributed by atoms with Gasteiger partial charge in [0, 0.05) is 13.0 Å². The zero-order valence-corrected chi connectivity index (χ0v) is 13.1. The van der Waals surface area contributed by atoms with Crippen molar-refractivity contribution in [2.45, 2.75) is 46.2 Å². The molecule has 0 saturated heterocycles. The van der Waals surface area contributed by atoms with Gasteiger partial charge < -0.3 is 5.32 Å². The van der Waals surface area contributed by atoms with Crippen LogP contribution < -0.4 is 5.32 Å². The van der Waals surface area contributed by atoms with Gasteiger partial charge in [0.25, 0.3) is 0 Å². The maximum atomic E-state index is 4.40. The molecular weight excluding hydrogens is 272 g/mol. The standard InChI is InChI=1S/C13H22N6S/c1-4-5-14-11(12-7-16-18-20-12)6-13-15-9-17-19(13)8-10(2)3/h7,9-11,14H,4-6,8H2,1-3H3. The second-order valence-electron chi connectivity index (χ2n) is 5.28. The number of hydrogen-bond acceptors (Lipinski definition) is 6. The molecule has 0 aliphatic heterocycles. The molecule has 0 saturated carbocycles. The topological polar surface area (TPSA) is 68.5 Å². The molecule has 0 fully saturated rings. The first-order valence-corrected chi connectivity index (χ1v) is 7.85. The van der Waals surface area contributed by atoms with E-state index < -0.39 is 0 Å². The molecule has 0 bridgehead atoms. The minimum atomic E-state index is 0.213. The second kappa shape index (κ2) is 7.44. The molecule has 110 valence electrons. The van der Waals surface area contributed by atoms with Crippen LogP contribution in [0.4, 0.5) is 0 Å². The van der Waals surface area contributed by atoms with Crippen LogP contribution in [0.3, 0.4) is 0 Å². The van der Waals surface area contributed by atoms with Crippen LogP contribution in [-0.2, 0) is 13.0 Å². The van der Waals surface area contributed by atoms with E-state index in [-0.39, 0.29) is 6.04 Å². The fourth-order valence-corrected chi connectivity index (χ4v) is 2.62. The monoisotopic (exact) mass is 294 g/mol. The molecule has 20 heavy (non-hydrogen) atoms. The summed E-state index contributed by atoms with van der Waals surface area (Å²) in [5.74, 6) is 1.57. The highest BCUT2D eigenvalue weighted by Gasteiger charge is 2.17. The molecule has 0 spiro atoms. The molecule has 0 aliphatic carbocycles. The Labute approximate surface area is 123 Å². The molecule has 0 radical (unpaired) electrons. The van der Waals surface area contributed by atoms with Crippen molar-refractivity contribution in [3.05, 3.63) is 23.2 Å². The molecule has 1 unspecified atom stereocenters. The summed E-state index contributed by atoms with van der Waals surface area (Å²) >= 11 is 1.44. The summed E-state index contributed by atoms with van der Waals surface area (Å²) in [6.07, 6.45) is 5.39. The van der Waals surface area contributed by atoms with Gasteiger partial charge in [-0.3, -0.25) is 0 Å². The molecule has 7 heteroatoms. The highest BCUT2D eigenvalue weighted by Crippen LogP contribution is 2.19. The third-order valence-electron chi connectivity index (χ3n) is 2.98. The Balaban J connectivity index is 2.09. The fraction of sp³-hybridized carbons (Fsp3) is 0.692. The molecule has 1 atom stereocenters. The minimum absolute atomic E-state index is 0.213. The quantitative estimate of drug-likeness (QED) is 0.807. The summed E-state index contributed by atoms with van der Waals surface area (Å²) in [4.78, 5) is 5.55. The van der Waals surface area contributed by atoms with E-state index >= 15 is 0 Å². The van der Waals surface area contributed by atoms with Gasteiger partial charge in [-0.15, -0.1) is 5.10 Å². The first-order chi connectivity index (χ1) is 9.70. The lowest BCUT2D eigenvalue weighted by Gasteiger charge is -2.16. The normalized spacial score (nSPS) is 13.0. The van der Waals surface area contributed by atoms with Crippen molar-refractivity contribution in [3.63, 3.8) is 0 Å². The largest absolute Gasteiger partial charge is 0.309 e. The van der Waals surface area contributed by atoms with Crippen LogP contribution in [0.15, 0.2) is 12.5 Å². The van der Waals surface area contributed by atoms with Gasteiger partial charge in [-0.1, -0.05) is 25.3 Å². The van der Waals surface area contributed by atoms with Crippen molar-refractivity contribution >= 4 is 11.5 Å². The zero-order valence-electron chi connectivity index (χ0n) is 12.3. The molecule has 6 nitrogen and oxygen atoms in total. The first kappa shape index (κ1) is 15.1. The smallest absolute Gasteiger partial charge is 0.138 e. The molecule has 0 amide bonds. The predicted molar refractivity (Wildman–Crippen MR) is 79.5 cm³/mol. The van der Waals surface area contributed by atoms with Crippen molar-refractivity contribution in [2.75, 3.05) is 6.54 Å². The summed E-state index contributed by atoms with van der Waals surface area (Å²) in [5, 5.41) is 11.8. The summed E-state index contributed by atoms with van der Waals surface area (Å²) in [7, 11) is 0. The highest BCUT2D eigenvalue weighted by atomic mass is 32.1. The molecule has 2 heterocycles. The maximum absolute atomic E-state index is 4.40. The van der Waals surface area contributed by atoms with Gasteiger partial charge >= 0.3 is 0 Å². The number of hydrogen-bond donors (Lipinski definition) is 1. The van der Waals surface area contributed by atoms with Gasteiger partial charge in [0.15, 0.2) is 0 Å². The Morgan fingerprint density at radius 3 is 2.90 bits per heavy atom. The van der Waals surface area contributed by atoms with E-state index in [0.29, 0.717) is 5.92 Å². The Kier molecular flexibility index (Phi) is 5.60. The average molecular weight is 294 g/mol. The van der Waals surface area contributed by atoms with Crippen molar-refractivity contribution in [2.24, 2.45) is 5.92 Å². The third-order valence-corrected chi connectivity index (χ3v) is 3.76. The van der Waals surface area contributed by atoms with E-state index in [4.69, 9.17) is 0 Å². The molecule has 1 N–H and O–H groups in total. The molecule has 0 aromatic carbocycles.